The van der Waals surface area contributed by atoms with Crippen LogP contribution in [0.4, 0.5) is 4.39 Å². The molecule has 0 amide bonds. The van der Waals surface area contributed by atoms with E-state index in [1.54, 1.807) is 12.1 Å². The first-order chi connectivity index (χ1) is 8.46. The molecular weight excluding hydrogens is 233 g/mol. The number of carbonyl (C=O) groups excluding carboxylic acids is 1. The van der Waals surface area contributed by atoms with Crippen molar-refractivity contribution in [2.24, 2.45) is 11.7 Å². The van der Waals surface area contributed by atoms with Crippen molar-refractivity contribution in [3.63, 3.8) is 0 Å². The molecule has 0 aromatic heterocycles. The topological polar surface area (TPSA) is 52.3 Å². The maximum absolute atomic E-state index is 13.0. The summed E-state index contributed by atoms with van der Waals surface area (Å²) in [7, 11) is 1.34. The molecule has 4 heteroatoms. The van der Waals surface area contributed by atoms with Gasteiger partial charge in [0.15, 0.2) is 0 Å². The Balaban J connectivity index is 3.24. The zero-order valence-electron chi connectivity index (χ0n) is 11.1. The summed E-state index contributed by atoms with van der Waals surface area (Å²) in [6.07, 6.45) is 0.571. The Morgan fingerprint density at radius 3 is 2.33 bits per heavy atom. The summed E-state index contributed by atoms with van der Waals surface area (Å²) in [5.74, 6) is -0.429. The van der Waals surface area contributed by atoms with E-state index in [4.69, 9.17) is 10.5 Å². The minimum absolute atomic E-state index is 0.142. The number of halogens is 1. The molecule has 0 bridgehead atoms. The molecule has 100 valence electrons. The van der Waals surface area contributed by atoms with Crippen LogP contribution in [0.2, 0.25) is 0 Å². The van der Waals surface area contributed by atoms with Crippen LogP contribution in [0.5, 0.6) is 0 Å². The number of rotatable bonds is 5. The molecule has 0 aliphatic heterocycles. The maximum atomic E-state index is 13.0. The van der Waals surface area contributed by atoms with Gasteiger partial charge in [0, 0.05) is 6.54 Å². The van der Waals surface area contributed by atoms with Crippen molar-refractivity contribution in [1.82, 2.24) is 0 Å². The average molecular weight is 253 g/mol. The van der Waals surface area contributed by atoms with E-state index in [2.05, 4.69) is 0 Å². The first kappa shape index (κ1) is 14.6. The van der Waals surface area contributed by atoms with Gasteiger partial charge in [0.1, 0.15) is 11.2 Å². The van der Waals surface area contributed by atoms with Gasteiger partial charge in [-0.25, -0.2) is 4.39 Å². The van der Waals surface area contributed by atoms with E-state index in [-0.39, 0.29) is 24.2 Å². The number of hydrogen-bond donors (Lipinski definition) is 1. The molecule has 0 radical (unpaired) electrons. The summed E-state index contributed by atoms with van der Waals surface area (Å²) >= 11 is 0. The van der Waals surface area contributed by atoms with Crippen LogP contribution in [0, 0.1) is 11.7 Å². The highest BCUT2D eigenvalue weighted by atomic mass is 19.1. The first-order valence-corrected chi connectivity index (χ1v) is 6.01. The molecule has 0 fully saturated rings. The highest BCUT2D eigenvalue weighted by Crippen LogP contribution is 2.32. The van der Waals surface area contributed by atoms with Crippen LogP contribution in [0.15, 0.2) is 24.3 Å². The lowest BCUT2D eigenvalue weighted by molar-refractivity contribution is -0.148. The number of benzene rings is 1. The van der Waals surface area contributed by atoms with Gasteiger partial charge in [-0.15, -0.1) is 0 Å². The molecule has 1 rings (SSSR count). The lowest BCUT2D eigenvalue weighted by Gasteiger charge is -2.31. The standard InChI is InChI=1S/C14H20FNO2/c1-10(2)8-14(9-16,13(17)18-3)11-4-6-12(15)7-5-11/h4-7,10H,8-9,16H2,1-3H3. The molecular formula is C14H20FNO2. The second-order valence-electron chi connectivity index (χ2n) is 4.88. The molecule has 1 atom stereocenters. The molecule has 1 aromatic rings. The Morgan fingerprint density at radius 1 is 1.39 bits per heavy atom. The largest absolute Gasteiger partial charge is 0.468 e. The molecule has 1 aromatic carbocycles. The number of ether oxygens (including phenoxy) is 1. The van der Waals surface area contributed by atoms with Crippen molar-refractivity contribution < 1.29 is 13.9 Å². The molecule has 3 nitrogen and oxygen atoms in total. The van der Waals surface area contributed by atoms with Crippen LogP contribution in [-0.2, 0) is 14.9 Å². The number of nitrogens with two attached hydrogens (primary N) is 1. The second-order valence-corrected chi connectivity index (χ2v) is 4.88. The molecule has 2 N–H and O–H groups in total. The molecule has 0 aliphatic rings. The van der Waals surface area contributed by atoms with Crippen LogP contribution >= 0.6 is 0 Å². The van der Waals surface area contributed by atoms with Crippen molar-refractivity contribution in [3.8, 4) is 0 Å². The molecule has 0 heterocycles. The van der Waals surface area contributed by atoms with Gasteiger partial charge in [-0.2, -0.15) is 0 Å². The zero-order valence-corrected chi connectivity index (χ0v) is 11.1. The number of hydrogen-bond acceptors (Lipinski definition) is 3. The summed E-state index contributed by atoms with van der Waals surface area (Å²) in [5, 5.41) is 0. The fraction of sp³-hybridized carbons (Fsp3) is 0.500. The van der Waals surface area contributed by atoms with E-state index < -0.39 is 5.41 Å². The van der Waals surface area contributed by atoms with E-state index in [1.165, 1.54) is 19.2 Å². The van der Waals surface area contributed by atoms with Gasteiger partial charge in [-0.3, -0.25) is 4.79 Å². The van der Waals surface area contributed by atoms with Crippen molar-refractivity contribution in [3.05, 3.63) is 35.6 Å². The van der Waals surface area contributed by atoms with Crippen LogP contribution in [0.25, 0.3) is 0 Å². The van der Waals surface area contributed by atoms with Crippen LogP contribution in [0.1, 0.15) is 25.8 Å². The molecule has 0 aliphatic carbocycles. The third-order valence-electron chi connectivity index (χ3n) is 3.08. The van der Waals surface area contributed by atoms with Gasteiger partial charge >= 0.3 is 5.97 Å². The van der Waals surface area contributed by atoms with E-state index in [0.29, 0.717) is 12.0 Å². The highest BCUT2D eigenvalue weighted by Gasteiger charge is 2.40. The Morgan fingerprint density at radius 2 is 1.94 bits per heavy atom. The third-order valence-corrected chi connectivity index (χ3v) is 3.08. The zero-order chi connectivity index (χ0) is 13.8. The smallest absolute Gasteiger partial charge is 0.317 e. The number of esters is 1. The van der Waals surface area contributed by atoms with Gasteiger partial charge in [-0.05, 0) is 30.0 Å². The molecule has 0 saturated carbocycles. The van der Waals surface area contributed by atoms with E-state index in [9.17, 15) is 9.18 Å². The SMILES string of the molecule is COC(=O)C(CN)(CC(C)C)c1ccc(F)cc1. The van der Waals surface area contributed by atoms with Crippen LogP contribution in [-0.4, -0.2) is 19.6 Å². The minimum Gasteiger partial charge on any atom is -0.468 e. The lowest BCUT2D eigenvalue weighted by Crippen LogP contribution is -2.45. The second kappa shape index (κ2) is 5.96. The van der Waals surface area contributed by atoms with E-state index in [0.717, 1.165) is 0 Å². The van der Waals surface area contributed by atoms with Gasteiger partial charge < -0.3 is 10.5 Å². The van der Waals surface area contributed by atoms with Gasteiger partial charge in [0.2, 0.25) is 0 Å². The van der Waals surface area contributed by atoms with E-state index in [1.807, 2.05) is 13.8 Å². The lowest BCUT2D eigenvalue weighted by atomic mass is 9.74. The molecule has 0 spiro atoms. The monoisotopic (exact) mass is 253 g/mol. The van der Waals surface area contributed by atoms with Crippen molar-refractivity contribution in [2.45, 2.75) is 25.7 Å². The van der Waals surface area contributed by atoms with Gasteiger partial charge in [-0.1, -0.05) is 26.0 Å². The van der Waals surface area contributed by atoms with Gasteiger partial charge in [0.25, 0.3) is 0 Å². The fourth-order valence-corrected chi connectivity index (χ4v) is 2.26. The summed E-state index contributed by atoms with van der Waals surface area (Å²) in [6.45, 7) is 4.16. The van der Waals surface area contributed by atoms with Crippen molar-refractivity contribution in [2.75, 3.05) is 13.7 Å². The fourth-order valence-electron chi connectivity index (χ4n) is 2.26. The van der Waals surface area contributed by atoms with Crippen LogP contribution in [0.3, 0.4) is 0 Å². The normalized spacial score (nSPS) is 14.3. The number of carbonyl (C=O) groups is 1. The Kier molecular flexibility index (Phi) is 4.84. The molecule has 18 heavy (non-hydrogen) atoms. The maximum Gasteiger partial charge on any atom is 0.317 e. The summed E-state index contributed by atoms with van der Waals surface area (Å²) in [5.41, 5.74) is 5.62. The average Bonchev–Trinajstić information content (AvgIpc) is 2.35. The van der Waals surface area contributed by atoms with Gasteiger partial charge in [0.05, 0.1) is 7.11 Å². The molecule has 1 unspecified atom stereocenters. The quantitative estimate of drug-likeness (QED) is 0.819. The minimum atomic E-state index is -0.892. The van der Waals surface area contributed by atoms with Crippen LogP contribution < -0.4 is 5.73 Å². The predicted molar refractivity (Wildman–Crippen MR) is 68.6 cm³/mol. The Hall–Kier alpha value is -1.42. The summed E-state index contributed by atoms with van der Waals surface area (Å²) in [4.78, 5) is 12.1. The summed E-state index contributed by atoms with van der Waals surface area (Å²) in [6, 6.07) is 5.87. The molecule has 0 saturated heterocycles. The Bertz CT molecular complexity index is 403. The van der Waals surface area contributed by atoms with E-state index >= 15 is 0 Å². The third kappa shape index (κ3) is 2.88. The van der Waals surface area contributed by atoms with Crippen molar-refractivity contribution in [1.29, 1.82) is 0 Å². The summed E-state index contributed by atoms with van der Waals surface area (Å²) < 4.78 is 17.9. The predicted octanol–water partition coefficient (Wildman–Crippen LogP) is 2.24. The number of methoxy groups -OCH3 is 1. The first-order valence-electron chi connectivity index (χ1n) is 6.01. The van der Waals surface area contributed by atoms with Crippen molar-refractivity contribution >= 4 is 5.97 Å². The highest BCUT2D eigenvalue weighted by molar-refractivity contribution is 5.83. The Labute approximate surface area is 107 Å².